The third kappa shape index (κ3) is 3.34. The smallest absolute Gasteiger partial charge is 0.273 e. The normalized spacial score (nSPS) is 11.0. The zero-order valence-electron chi connectivity index (χ0n) is 13.4. The van der Waals surface area contributed by atoms with Crippen molar-refractivity contribution in [2.75, 3.05) is 0 Å². The molecule has 0 radical (unpaired) electrons. The molecule has 3 aromatic heterocycles. The Morgan fingerprint density at radius 3 is 2.62 bits per heavy atom. The molecule has 7 heteroatoms. The lowest BCUT2D eigenvalue weighted by Gasteiger charge is -2.04. The largest absolute Gasteiger partial charge is 0.346 e. The van der Waals surface area contributed by atoms with Crippen LogP contribution in [0.15, 0.2) is 69.1 Å². The minimum absolute atomic E-state index is 0.206. The van der Waals surface area contributed by atoms with E-state index in [0.717, 1.165) is 26.1 Å². The Bertz CT molecular complexity index is 1080. The van der Waals surface area contributed by atoms with Gasteiger partial charge in [-0.2, -0.15) is 5.10 Å². The third-order valence-electron chi connectivity index (χ3n) is 3.96. The van der Waals surface area contributed by atoms with E-state index in [-0.39, 0.29) is 5.91 Å². The molecule has 0 aliphatic carbocycles. The van der Waals surface area contributed by atoms with Crippen LogP contribution in [-0.2, 0) is 6.54 Å². The lowest BCUT2D eigenvalue weighted by atomic mass is 10.1. The number of pyridine rings is 1. The van der Waals surface area contributed by atoms with Crippen molar-refractivity contribution < 1.29 is 4.79 Å². The van der Waals surface area contributed by atoms with Crippen molar-refractivity contribution >= 4 is 54.6 Å². The highest BCUT2D eigenvalue weighted by Crippen LogP contribution is 2.31. The maximum atomic E-state index is 12.6. The van der Waals surface area contributed by atoms with Crippen molar-refractivity contribution in [3.63, 3.8) is 0 Å². The fourth-order valence-electron chi connectivity index (χ4n) is 2.68. The van der Waals surface area contributed by atoms with Crippen LogP contribution in [0.25, 0.3) is 16.6 Å². The molecule has 0 spiro atoms. The van der Waals surface area contributed by atoms with Crippen molar-refractivity contribution in [2.45, 2.75) is 6.54 Å². The standard InChI is InChI=1S/C19H13Br2N3OS/c20-16-10-13(12-5-2-1-3-6-12)9-15-17(21)18(23-24(15)16)19(25)22-11-14-7-4-8-26-14/h1-10H,11H2,(H,22,25). The van der Waals surface area contributed by atoms with E-state index in [1.54, 1.807) is 15.9 Å². The highest BCUT2D eigenvalue weighted by Gasteiger charge is 2.19. The van der Waals surface area contributed by atoms with Gasteiger partial charge in [0.2, 0.25) is 0 Å². The van der Waals surface area contributed by atoms with Crippen LogP contribution >= 0.6 is 43.2 Å². The molecule has 0 saturated carbocycles. The van der Waals surface area contributed by atoms with E-state index in [1.807, 2.05) is 47.8 Å². The summed E-state index contributed by atoms with van der Waals surface area (Å²) >= 11 is 8.72. The number of nitrogens with zero attached hydrogens (tertiary/aromatic N) is 2. The number of fused-ring (bicyclic) bond motifs is 1. The Labute approximate surface area is 171 Å². The quantitative estimate of drug-likeness (QED) is 0.383. The number of amides is 1. The number of nitrogens with one attached hydrogen (secondary N) is 1. The topological polar surface area (TPSA) is 46.4 Å². The molecule has 4 nitrogen and oxygen atoms in total. The Morgan fingerprint density at radius 2 is 1.88 bits per heavy atom. The van der Waals surface area contributed by atoms with Crippen LogP contribution in [0.2, 0.25) is 0 Å². The maximum Gasteiger partial charge on any atom is 0.273 e. The number of carbonyl (C=O) groups is 1. The summed E-state index contributed by atoms with van der Waals surface area (Å²) in [5.41, 5.74) is 3.36. The van der Waals surface area contributed by atoms with Crippen molar-refractivity contribution in [3.8, 4) is 11.1 Å². The number of hydrogen-bond acceptors (Lipinski definition) is 3. The molecule has 3 heterocycles. The van der Waals surface area contributed by atoms with Crippen LogP contribution in [0, 0.1) is 0 Å². The summed E-state index contributed by atoms with van der Waals surface area (Å²) < 4.78 is 3.18. The van der Waals surface area contributed by atoms with E-state index >= 15 is 0 Å². The van der Waals surface area contributed by atoms with Gasteiger partial charge >= 0.3 is 0 Å². The lowest BCUT2D eigenvalue weighted by molar-refractivity contribution is 0.0945. The number of hydrogen-bond donors (Lipinski definition) is 1. The summed E-state index contributed by atoms with van der Waals surface area (Å²) in [7, 11) is 0. The molecule has 0 unspecified atom stereocenters. The fraction of sp³-hybridized carbons (Fsp3) is 0.0526. The van der Waals surface area contributed by atoms with Gasteiger partial charge in [-0.15, -0.1) is 11.3 Å². The lowest BCUT2D eigenvalue weighted by Crippen LogP contribution is -2.23. The summed E-state index contributed by atoms with van der Waals surface area (Å²) in [5, 5.41) is 9.37. The first-order chi connectivity index (χ1) is 12.6. The molecular formula is C19H13Br2N3OS. The van der Waals surface area contributed by atoms with Gasteiger partial charge in [-0.3, -0.25) is 4.79 Å². The van der Waals surface area contributed by atoms with Gasteiger partial charge in [0.15, 0.2) is 5.69 Å². The van der Waals surface area contributed by atoms with Crippen molar-refractivity contribution in [1.29, 1.82) is 0 Å². The first-order valence-corrected chi connectivity index (χ1v) is 10.3. The van der Waals surface area contributed by atoms with Crippen molar-refractivity contribution in [3.05, 3.63) is 79.6 Å². The molecule has 4 aromatic rings. The van der Waals surface area contributed by atoms with E-state index in [2.05, 4.69) is 54.4 Å². The highest BCUT2D eigenvalue weighted by molar-refractivity contribution is 9.11. The van der Waals surface area contributed by atoms with Crippen LogP contribution in [0.1, 0.15) is 15.4 Å². The zero-order valence-corrected chi connectivity index (χ0v) is 17.4. The summed E-state index contributed by atoms with van der Waals surface area (Å²) in [4.78, 5) is 13.7. The van der Waals surface area contributed by atoms with E-state index in [9.17, 15) is 4.79 Å². The van der Waals surface area contributed by atoms with Crippen molar-refractivity contribution in [2.24, 2.45) is 0 Å². The summed E-state index contributed by atoms with van der Waals surface area (Å²) in [5.74, 6) is -0.206. The first-order valence-electron chi connectivity index (χ1n) is 7.87. The number of rotatable bonds is 4. The van der Waals surface area contributed by atoms with Gasteiger partial charge < -0.3 is 5.32 Å². The second kappa shape index (κ2) is 7.34. The molecule has 1 N–H and O–H groups in total. The van der Waals surface area contributed by atoms with Crippen molar-refractivity contribution in [1.82, 2.24) is 14.9 Å². The number of carbonyl (C=O) groups excluding carboxylic acids is 1. The molecule has 0 bridgehead atoms. The molecule has 130 valence electrons. The van der Waals surface area contributed by atoms with Gasteiger partial charge in [-0.05, 0) is 66.6 Å². The second-order valence-corrected chi connectivity index (χ2v) is 8.29. The third-order valence-corrected chi connectivity index (χ3v) is 6.18. The second-order valence-electron chi connectivity index (χ2n) is 5.65. The van der Waals surface area contributed by atoms with Gasteiger partial charge in [-0.25, -0.2) is 4.52 Å². The van der Waals surface area contributed by atoms with Crippen LogP contribution < -0.4 is 5.32 Å². The molecule has 1 amide bonds. The molecule has 26 heavy (non-hydrogen) atoms. The molecule has 0 aliphatic heterocycles. The van der Waals surface area contributed by atoms with Gasteiger partial charge in [0.25, 0.3) is 5.91 Å². The van der Waals surface area contributed by atoms with Crippen LogP contribution in [0.5, 0.6) is 0 Å². The predicted octanol–water partition coefficient (Wildman–Crippen LogP) is 5.52. The van der Waals surface area contributed by atoms with Crippen LogP contribution in [0.4, 0.5) is 0 Å². The Hall–Kier alpha value is -1.96. The number of benzene rings is 1. The molecule has 0 fully saturated rings. The van der Waals surface area contributed by atoms with Crippen LogP contribution in [0.3, 0.4) is 0 Å². The van der Waals surface area contributed by atoms with Crippen LogP contribution in [-0.4, -0.2) is 15.5 Å². The minimum Gasteiger partial charge on any atom is -0.346 e. The van der Waals surface area contributed by atoms with Gasteiger partial charge in [-0.1, -0.05) is 36.4 Å². The minimum atomic E-state index is -0.206. The molecule has 0 saturated heterocycles. The molecule has 4 rings (SSSR count). The molecular weight excluding hydrogens is 478 g/mol. The number of aromatic nitrogens is 2. The Morgan fingerprint density at radius 1 is 1.08 bits per heavy atom. The highest BCUT2D eigenvalue weighted by atomic mass is 79.9. The average Bonchev–Trinajstić information content (AvgIpc) is 3.29. The van der Waals surface area contributed by atoms with E-state index in [1.165, 1.54) is 0 Å². The molecule has 0 aliphatic rings. The Balaban J connectivity index is 1.70. The maximum absolute atomic E-state index is 12.6. The number of thiophene rings is 1. The van der Waals surface area contributed by atoms with Gasteiger partial charge in [0.1, 0.15) is 4.60 Å². The van der Waals surface area contributed by atoms with E-state index < -0.39 is 0 Å². The SMILES string of the molecule is O=C(NCc1cccs1)c1nn2c(Br)cc(-c3ccccc3)cc2c1Br. The predicted molar refractivity (Wildman–Crippen MR) is 112 cm³/mol. The monoisotopic (exact) mass is 489 g/mol. The molecule has 1 aromatic carbocycles. The summed E-state index contributed by atoms with van der Waals surface area (Å²) in [6.07, 6.45) is 0. The zero-order chi connectivity index (χ0) is 18.1. The van der Waals surface area contributed by atoms with E-state index in [4.69, 9.17) is 0 Å². The van der Waals surface area contributed by atoms with Gasteiger partial charge in [0, 0.05) is 4.88 Å². The van der Waals surface area contributed by atoms with E-state index in [0.29, 0.717) is 16.7 Å². The number of halogens is 2. The Kier molecular flexibility index (Phi) is 4.93. The summed E-state index contributed by atoms with van der Waals surface area (Å²) in [6, 6.07) is 18.1. The fourth-order valence-corrected chi connectivity index (χ4v) is 4.39. The van der Waals surface area contributed by atoms with Gasteiger partial charge in [0.05, 0.1) is 16.5 Å². The molecule has 0 atom stereocenters. The first kappa shape index (κ1) is 17.5. The summed E-state index contributed by atoms with van der Waals surface area (Å²) in [6.45, 7) is 0.493. The average molecular weight is 491 g/mol.